The molecule has 0 bridgehead atoms. The Morgan fingerprint density at radius 2 is 2.12 bits per heavy atom. The van der Waals surface area contributed by atoms with Crippen LogP contribution in [-0.4, -0.2) is 37.1 Å². The second kappa shape index (κ2) is 5.40. The van der Waals surface area contributed by atoms with Crippen molar-refractivity contribution in [3.8, 4) is 0 Å². The molecule has 92 valence electrons. The van der Waals surface area contributed by atoms with E-state index in [9.17, 15) is 8.42 Å². The maximum absolute atomic E-state index is 10.8. The Kier molecular flexibility index (Phi) is 4.43. The van der Waals surface area contributed by atoms with Crippen LogP contribution in [0.5, 0.6) is 0 Å². The summed E-state index contributed by atoms with van der Waals surface area (Å²) in [5.74, 6) is 1.49. The molecule has 1 heterocycles. The predicted octanol–water partition coefficient (Wildman–Crippen LogP) is 0.327. The first-order valence-electron chi connectivity index (χ1n) is 5.09. The maximum atomic E-state index is 10.8. The van der Waals surface area contributed by atoms with Crippen molar-refractivity contribution >= 4 is 9.84 Å². The Labute approximate surface area is 95.3 Å². The average Bonchev–Trinajstić information content (AvgIpc) is 2.59. The Morgan fingerprint density at radius 1 is 1.44 bits per heavy atom. The molecule has 0 amide bonds. The van der Waals surface area contributed by atoms with E-state index in [2.05, 4.69) is 15.5 Å². The fourth-order valence-corrected chi connectivity index (χ4v) is 1.54. The van der Waals surface area contributed by atoms with Crippen LogP contribution in [0.4, 0.5) is 0 Å². The third kappa shape index (κ3) is 4.71. The monoisotopic (exact) mass is 247 g/mol. The summed E-state index contributed by atoms with van der Waals surface area (Å²) < 4.78 is 26.7. The van der Waals surface area contributed by atoms with Crippen molar-refractivity contribution < 1.29 is 12.9 Å². The highest BCUT2D eigenvalue weighted by molar-refractivity contribution is 7.90. The van der Waals surface area contributed by atoms with Crippen LogP contribution in [0.25, 0.3) is 0 Å². The lowest BCUT2D eigenvalue weighted by Crippen LogP contribution is -2.22. The first kappa shape index (κ1) is 13.1. The highest BCUT2D eigenvalue weighted by Crippen LogP contribution is 2.08. The highest BCUT2D eigenvalue weighted by Gasteiger charge is 2.09. The summed E-state index contributed by atoms with van der Waals surface area (Å²) in [5.41, 5.74) is 0. The molecule has 0 saturated heterocycles. The lowest BCUT2D eigenvalue weighted by molar-refractivity contribution is 0.362. The van der Waals surface area contributed by atoms with Gasteiger partial charge in [-0.2, -0.15) is 4.98 Å². The molecule has 1 N–H and O–H groups in total. The minimum atomic E-state index is -2.92. The normalized spacial score (nSPS) is 12.2. The molecule has 0 aromatic carbocycles. The minimum absolute atomic E-state index is 0.109. The lowest BCUT2D eigenvalue weighted by Gasteiger charge is -1.99. The molecule has 0 aliphatic carbocycles. The van der Waals surface area contributed by atoms with Crippen LogP contribution in [0.2, 0.25) is 0 Å². The molecule has 6 nitrogen and oxygen atoms in total. The fraction of sp³-hybridized carbons (Fsp3) is 0.778. The van der Waals surface area contributed by atoms with Crippen LogP contribution in [0, 0.1) is 0 Å². The van der Waals surface area contributed by atoms with Gasteiger partial charge in [-0.15, -0.1) is 0 Å². The summed E-state index contributed by atoms with van der Waals surface area (Å²) in [6, 6.07) is 0. The Morgan fingerprint density at radius 3 is 2.62 bits per heavy atom. The average molecular weight is 247 g/mol. The minimum Gasteiger partial charge on any atom is -0.338 e. The standard InChI is InChI=1S/C9H17N3O3S/c1-7(2)9-11-8(15-12-9)6-10-4-5-16(3,13)14/h7,10H,4-6H2,1-3H3. The fourth-order valence-electron chi connectivity index (χ4n) is 1.03. The summed E-state index contributed by atoms with van der Waals surface area (Å²) in [6.45, 7) is 4.74. The molecule has 0 saturated carbocycles. The predicted molar refractivity (Wildman–Crippen MR) is 59.8 cm³/mol. The summed E-state index contributed by atoms with van der Waals surface area (Å²) in [5, 5.41) is 6.73. The first-order chi connectivity index (χ1) is 7.38. The van der Waals surface area contributed by atoms with Crippen molar-refractivity contribution in [3.05, 3.63) is 11.7 Å². The van der Waals surface area contributed by atoms with Gasteiger partial charge in [0, 0.05) is 18.7 Å². The molecular weight excluding hydrogens is 230 g/mol. The zero-order valence-electron chi connectivity index (χ0n) is 9.73. The molecule has 1 rings (SSSR count). The molecule has 0 aliphatic heterocycles. The summed E-state index contributed by atoms with van der Waals surface area (Å²) in [6.07, 6.45) is 1.21. The Balaban J connectivity index is 2.32. The van der Waals surface area contributed by atoms with E-state index in [4.69, 9.17) is 4.52 Å². The van der Waals surface area contributed by atoms with Crippen LogP contribution in [0.3, 0.4) is 0 Å². The van der Waals surface area contributed by atoms with Crippen molar-refractivity contribution in [2.24, 2.45) is 0 Å². The van der Waals surface area contributed by atoms with E-state index in [1.807, 2.05) is 13.8 Å². The van der Waals surface area contributed by atoms with Gasteiger partial charge in [-0.3, -0.25) is 0 Å². The van der Waals surface area contributed by atoms with E-state index in [1.54, 1.807) is 0 Å². The second-order valence-electron chi connectivity index (χ2n) is 4.01. The summed E-state index contributed by atoms with van der Waals surface area (Å²) in [7, 11) is -2.92. The molecule has 1 aromatic rings. The van der Waals surface area contributed by atoms with Crippen molar-refractivity contribution in [3.63, 3.8) is 0 Å². The SMILES string of the molecule is CC(C)c1noc(CNCCS(C)(=O)=O)n1. The molecular formula is C9H17N3O3S. The van der Waals surface area contributed by atoms with Gasteiger partial charge in [0.25, 0.3) is 0 Å². The third-order valence-electron chi connectivity index (χ3n) is 1.93. The van der Waals surface area contributed by atoms with Crippen LogP contribution in [0.1, 0.15) is 31.5 Å². The van der Waals surface area contributed by atoms with Gasteiger partial charge in [0.1, 0.15) is 9.84 Å². The largest absolute Gasteiger partial charge is 0.338 e. The Hall–Kier alpha value is -0.950. The van der Waals surface area contributed by atoms with Crippen molar-refractivity contribution in [2.75, 3.05) is 18.6 Å². The molecule has 16 heavy (non-hydrogen) atoms. The molecule has 7 heteroatoms. The number of nitrogens with zero attached hydrogens (tertiary/aromatic N) is 2. The van der Waals surface area contributed by atoms with Gasteiger partial charge in [0.2, 0.25) is 5.89 Å². The van der Waals surface area contributed by atoms with Crippen LogP contribution in [0.15, 0.2) is 4.52 Å². The smallest absolute Gasteiger partial charge is 0.240 e. The zero-order valence-corrected chi connectivity index (χ0v) is 10.5. The summed E-state index contributed by atoms with van der Waals surface area (Å²) >= 11 is 0. The topological polar surface area (TPSA) is 85.1 Å². The zero-order chi connectivity index (χ0) is 12.2. The quantitative estimate of drug-likeness (QED) is 0.729. The van der Waals surface area contributed by atoms with E-state index in [0.29, 0.717) is 24.8 Å². The van der Waals surface area contributed by atoms with Crippen LogP contribution >= 0.6 is 0 Å². The molecule has 0 atom stereocenters. The van der Waals surface area contributed by atoms with Gasteiger partial charge in [-0.25, -0.2) is 8.42 Å². The van der Waals surface area contributed by atoms with Crippen molar-refractivity contribution in [1.82, 2.24) is 15.5 Å². The second-order valence-corrected chi connectivity index (χ2v) is 6.27. The molecule has 0 unspecified atom stereocenters. The molecule has 1 aromatic heterocycles. The third-order valence-corrected chi connectivity index (χ3v) is 2.87. The van der Waals surface area contributed by atoms with Gasteiger partial charge in [-0.1, -0.05) is 19.0 Å². The lowest BCUT2D eigenvalue weighted by atomic mass is 10.2. The maximum Gasteiger partial charge on any atom is 0.240 e. The van der Waals surface area contributed by atoms with Gasteiger partial charge in [0.15, 0.2) is 5.82 Å². The Bertz CT molecular complexity index is 425. The number of sulfone groups is 1. The van der Waals surface area contributed by atoms with Gasteiger partial charge in [0.05, 0.1) is 12.3 Å². The van der Waals surface area contributed by atoms with E-state index in [-0.39, 0.29) is 11.7 Å². The van der Waals surface area contributed by atoms with Gasteiger partial charge >= 0.3 is 0 Å². The number of aromatic nitrogens is 2. The van der Waals surface area contributed by atoms with Gasteiger partial charge in [-0.05, 0) is 0 Å². The van der Waals surface area contributed by atoms with Crippen LogP contribution in [-0.2, 0) is 16.4 Å². The van der Waals surface area contributed by atoms with E-state index in [0.717, 1.165) is 0 Å². The number of nitrogens with one attached hydrogen (secondary N) is 1. The number of rotatable bonds is 6. The molecule has 0 spiro atoms. The molecule has 0 aliphatic rings. The highest BCUT2D eigenvalue weighted by atomic mass is 32.2. The number of hydrogen-bond donors (Lipinski definition) is 1. The molecule has 0 fully saturated rings. The van der Waals surface area contributed by atoms with E-state index < -0.39 is 9.84 Å². The van der Waals surface area contributed by atoms with Gasteiger partial charge < -0.3 is 9.84 Å². The van der Waals surface area contributed by atoms with E-state index >= 15 is 0 Å². The van der Waals surface area contributed by atoms with Crippen LogP contribution < -0.4 is 5.32 Å². The number of hydrogen-bond acceptors (Lipinski definition) is 6. The molecule has 0 radical (unpaired) electrons. The summed E-state index contributed by atoms with van der Waals surface area (Å²) in [4.78, 5) is 4.15. The van der Waals surface area contributed by atoms with E-state index in [1.165, 1.54) is 6.26 Å². The first-order valence-corrected chi connectivity index (χ1v) is 7.15. The van der Waals surface area contributed by atoms with Crippen molar-refractivity contribution in [1.29, 1.82) is 0 Å². The van der Waals surface area contributed by atoms with Crippen molar-refractivity contribution in [2.45, 2.75) is 26.3 Å².